The second-order valence-electron chi connectivity index (χ2n) is 6.49. The number of carboxylic acid groups (broad SMARTS) is 1. The predicted octanol–water partition coefficient (Wildman–Crippen LogP) is 3.51. The summed E-state index contributed by atoms with van der Waals surface area (Å²) in [5, 5.41) is 10.4. The summed E-state index contributed by atoms with van der Waals surface area (Å²) < 4.78 is 18.8. The highest BCUT2D eigenvalue weighted by molar-refractivity contribution is 5.98. The molecule has 2 aromatic carbocycles. The summed E-state index contributed by atoms with van der Waals surface area (Å²) in [6, 6.07) is 12.8. The van der Waals surface area contributed by atoms with E-state index in [0.717, 1.165) is 5.39 Å². The molecular formula is C20H16FNO4. The molecule has 0 saturated carbocycles. The topological polar surface area (TPSA) is 70.8 Å². The third kappa shape index (κ3) is 2.83. The molecule has 6 heteroatoms. The van der Waals surface area contributed by atoms with Gasteiger partial charge in [-0.05, 0) is 42.0 Å². The smallest absolute Gasteiger partial charge is 0.308 e. The summed E-state index contributed by atoms with van der Waals surface area (Å²) in [5.74, 6) is -2.84. The Labute approximate surface area is 148 Å². The van der Waals surface area contributed by atoms with Gasteiger partial charge in [0.2, 0.25) is 0 Å². The molecule has 1 aliphatic rings. The highest BCUT2D eigenvalue weighted by atomic mass is 19.1. The molecule has 1 N–H and O–H groups in total. The van der Waals surface area contributed by atoms with Crippen LogP contribution in [-0.4, -0.2) is 35.0 Å². The average Bonchev–Trinajstić information content (AvgIpc) is 3.27. The predicted molar refractivity (Wildman–Crippen MR) is 92.4 cm³/mol. The Balaban J connectivity index is 1.62. The number of benzene rings is 2. The Morgan fingerprint density at radius 2 is 1.96 bits per heavy atom. The van der Waals surface area contributed by atoms with Gasteiger partial charge in [-0.1, -0.05) is 12.1 Å². The number of rotatable bonds is 3. The van der Waals surface area contributed by atoms with Crippen molar-refractivity contribution in [3.63, 3.8) is 0 Å². The first-order chi connectivity index (χ1) is 12.5. The van der Waals surface area contributed by atoms with Crippen LogP contribution in [0.1, 0.15) is 21.8 Å². The molecule has 1 amide bonds. The van der Waals surface area contributed by atoms with E-state index in [0.29, 0.717) is 16.7 Å². The number of fused-ring (bicyclic) bond motifs is 1. The van der Waals surface area contributed by atoms with Crippen LogP contribution in [-0.2, 0) is 4.79 Å². The lowest BCUT2D eigenvalue weighted by molar-refractivity contribution is -0.141. The van der Waals surface area contributed by atoms with E-state index in [1.54, 1.807) is 42.7 Å². The van der Waals surface area contributed by atoms with Gasteiger partial charge in [0.1, 0.15) is 11.4 Å². The van der Waals surface area contributed by atoms with Crippen molar-refractivity contribution in [3.05, 3.63) is 71.7 Å². The van der Waals surface area contributed by atoms with Crippen molar-refractivity contribution in [1.82, 2.24) is 4.90 Å². The molecule has 1 fully saturated rings. The molecule has 1 saturated heterocycles. The number of hydrogen-bond donors (Lipinski definition) is 1. The quantitative estimate of drug-likeness (QED) is 0.782. The van der Waals surface area contributed by atoms with Crippen LogP contribution in [0.15, 0.2) is 59.2 Å². The minimum Gasteiger partial charge on any atom is -0.481 e. The van der Waals surface area contributed by atoms with Crippen molar-refractivity contribution in [1.29, 1.82) is 0 Å². The van der Waals surface area contributed by atoms with Crippen LogP contribution in [0.2, 0.25) is 0 Å². The Bertz CT molecular complexity index is 996. The lowest BCUT2D eigenvalue weighted by atomic mass is 9.89. The van der Waals surface area contributed by atoms with Gasteiger partial charge in [-0.25, -0.2) is 4.39 Å². The standard InChI is InChI=1S/C20H16FNO4/c21-15-3-1-2-12(9-15)16-10-22(11-17(16)20(24)25)19(23)14-4-5-18-13(8-14)6-7-26-18/h1-9,16-17H,10-11H2,(H,24,25)/t16-,17+/m0/s1. The number of likely N-dealkylation sites (tertiary alicyclic amines) is 1. The highest BCUT2D eigenvalue weighted by Gasteiger charge is 2.40. The normalized spacial score (nSPS) is 19.8. The monoisotopic (exact) mass is 353 g/mol. The number of carbonyl (C=O) groups excluding carboxylic acids is 1. The van der Waals surface area contributed by atoms with E-state index in [1.165, 1.54) is 17.0 Å². The molecule has 0 spiro atoms. The van der Waals surface area contributed by atoms with Gasteiger partial charge in [-0.2, -0.15) is 0 Å². The number of amides is 1. The van der Waals surface area contributed by atoms with Gasteiger partial charge in [0, 0.05) is 30.0 Å². The average molecular weight is 353 g/mol. The Hall–Kier alpha value is -3.15. The largest absolute Gasteiger partial charge is 0.481 e. The van der Waals surface area contributed by atoms with Gasteiger partial charge in [0.25, 0.3) is 5.91 Å². The minimum absolute atomic E-state index is 0.0960. The second-order valence-corrected chi connectivity index (χ2v) is 6.49. The van der Waals surface area contributed by atoms with Crippen LogP contribution in [0.4, 0.5) is 4.39 Å². The fourth-order valence-electron chi connectivity index (χ4n) is 3.58. The van der Waals surface area contributed by atoms with E-state index in [9.17, 15) is 19.1 Å². The molecule has 3 aromatic rings. The van der Waals surface area contributed by atoms with E-state index in [2.05, 4.69) is 0 Å². The van der Waals surface area contributed by atoms with Crippen LogP contribution < -0.4 is 0 Å². The van der Waals surface area contributed by atoms with Crippen molar-refractivity contribution in [2.24, 2.45) is 5.92 Å². The van der Waals surface area contributed by atoms with Gasteiger partial charge in [-0.3, -0.25) is 9.59 Å². The number of hydrogen-bond acceptors (Lipinski definition) is 3. The van der Waals surface area contributed by atoms with E-state index in [-0.39, 0.29) is 19.0 Å². The molecule has 2 heterocycles. The van der Waals surface area contributed by atoms with Gasteiger partial charge in [0.05, 0.1) is 12.2 Å². The summed E-state index contributed by atoms with van der Waals surface area (Å²) in [6.07, 6.45) is 1.55. The molecule has 1 aromatic heterocycles. The van der Waals surface area contributed by atoms with Crippen LogP contribution >= 0.6 is 0 Å². The van der Waals surface area contributed by atoms with Crippen LogP contribution in [0.25, 0.3) is 11.0 Å². The number of carboxylic acids is 1. The summed E-state index contributed by atoms with van der Waals surface area (Å²) in [7, 11) is 0. The number of aliphatic carboxylic acids is 1. The number of carbonyl (C=O) groups is 2. The number of furan rings is 1. The maximum absolute atomic E-state index is 13.6. The van der Waals surface area contributed by atoms with Crippen molar-refractivity contribution in [3.8, 4) is 0 Å². The lowest BCUT2D eigenvalue weighted by Crippen LogP contribution is -2.29. The molecule has 0 radical (unpaired) electrons. The third-order valence-corrected chi connectivity index (χ3v) is 4.90. The van der Waals surface area contributed by atoms with Crippen molar-refractivity contribution in [2.75, 3.05) is 13.1 Å². The van der Waals surface area contributed by atoms with E-state index in [1.807, 2.05) is 0 Å². The molecule has 5 nitrogen and oxygen atoms in total. The lowest BCUT2D eigenvalue weighted by Gasteiger charge is -2.16. The van der Waals surface area contributed by atoms with E-state index >= 15 is 0 Å². The molecule has 0 unspecified atom stereocenters. The van der Waals surface area contributed by atoms with Crippen LogP contribution in [0.5, 0.6) is 0 Å². The Morgan fingerprint density at radius 1 is 1.12 bits per heavy atom. The van der Waals surface area contributed by atoms with Gasteiger partial charge in [-0.15, -0.1) is 0 Å². The summed E-state index contributed by atoms with van der Waals surface area (Å²) in [5.41, 5.74) is 1.75. The second kappa shape index (κ2) is 6.29. The molecule has 4 rings (SSSR count). The maximum Gasteiger partial charge on any atom is 0.308 e. The third-order valence-electron chi connectivity index (χ3n) is 4.90. The maximum atomic E-state index is 13.6. The molecule has 2 atom stereocenters. The summed E-state index contributed by atoms with van der Waals surface area (Å²) in [6.45, 7) is 0.335. The molecule has 1 aliphatic heterocycles. The first kappa shape index (κ1) is 16.3. The van der Waals surface area contributed by atoms with E-state index < -0.39 is 23.6 Å². The number of nitrogens with zero attached hydrogens (tertiary/aromatic N) is 1. The number of halogens is 1. The van der Waals surface area contributed by atoms with Gasteiger partial charge >= 0.3 is 5.97 Å². The molecule has 0 bridgehead atoms. The Morgan fingerprint density at radius 3 is 2.73 bits per heavy atom. The molecular weight excluding hydrogens is 337 g/mol. The first-order valence-corrected chi connectivity index (χ1v) is 8.28. The molecule has 132 valence electrons. The van der Waals surface area contributed by atoms with Crippen molar-refractivity contribution < 1.29 is 23.5 Å². The zero-order valence-corrected chi connectivity index (χ0v) is 13.8. The first-order valence-electron chi connectivity index (χ1n) is 8.28. The van der Waals surface area contributed by atoms with Crippen molar-refractivity contribution >= 4 is 22.8 Å². The van der Waals surface area contributed by atoms with Gasteiger partial charge in [0.15, 0.2) is 0 Å². The van der Waals surface area contributed by atoms with Crippen LogP contribution in [0, 0.1) is 11.7 Å². The van der Waals surface area contributed by atoms with E-state index in [4.69, 9.17) is 4.42 Å². The zero-order valence-electron chi connectivity index (χ0n) is 13.8. The zero-order chi connectivity index (χ0) is 18.3. The SMILES string of the molecule is O=C(O)[C@@H]1CN(C(=O)c2ccc3occc3c2)C[C@H]1c1cccc(F)c1. The molecule has 26 heavy (non-hydrogen) atoms. The van der Waals surface area contributed by atoms with Crippen LogP contribution in [0.3, 0.4) is 0 Å². The highest BCUT2D eigenvalue weighted by Crippen LogP contribution is 2.34. The fourth-order valence-corrected chi connectivity index (χ4v) is 3.58. The summed E-state index contributed by atoms with van der Waals surface area (Å²) in [4.78, 5) is 26.0. The summed E-state index contributed by atoms with van der Waals surface area (Å²) >= 11 is 0. The van der Waals surface area contributed by atoms with Crippen molar-refractivity contribution in [2.45, 2.75) is 5.92 Å². The van der Waals surface area contributed by atoms with Gasteiger partial charge < -0.3 is 14.4 Å². The molecule has 0 aliphatic carbocycles. The Kier molecular flexibility index (Phi) is 3.95. The minimum atomic E-state index is -0.986. The fraction of sp³-hybridized carbons (Fsp3) is 0.200.